The van der Waals surface area contributed by atoms with E-state index in [1.807, 2.05) is 0 Å². The molecule has 6 heteroatoms. The van der Waals surface area contributed by atoms with E-state index in [9.17, 15) is 13.6 Å². The summed E-state index contributed by atoms with van der Waals surface area (Å²) in [6.07, 6.45) is 0.982. The normalized spacial score (nSPS) is 10.2. The number of carbonyl (C=O) groups excluding carboxylic acids is 1. The third-order valence-corrected chi connectivity index (χ3v) is 2.83. The van der Waals surface area contributed by atoms with Crippen LogP contribution in [-0.2, 0) is 0 Å². The second kappa shape index (κ2) is 5.22. The van der Waals surface area contributed by atoms with Crippen LogP contribution in [0.15, 0.2) is 41.0 Å². The second-order valence-corrected chi connectivity index (χ2v) is 4.29. The minimum absolute atomic E-state index is 0.140. The number of anilines is 1. The maximum atomic E-state index is 13.0. The van der Waals surface area contributed by atoms with Crippen molar-refractivity contribution in [3.63, 3.8) is 0 Å². The number of carbonyl (C=O) groups is 1. The lowest BCUT2D eigenvalue weighted by atomic mass is 10.2. The van der Waals surface area contributed by atoms with E-state index in [1.54, 1.807) is 0 Å². The average Bonchev–Trinajstić information content (AvgIpc) is 2.35. The number of hydrogen-bond donors (Lipinski definition) is 1. The van der Waals surface area contributed by atoms with Gasteiger partial charge in [-0.05, 0) is 46.3 Å². The Kier molecular flexibility index (Phi) is 3.66. The van der Waals surface area contributed by atoms with Crippen molar-refractivity contribution in [1.82, 2.24) is 4.98 Å². The Bertz CT molecular complexity index is 587. The SMILES string of the molecule is O=C(Nc1ccc(F)cn1)c1cc(F)ccc1Br. The molecule has 1 N–H and O–H groups in total. The molecule has 1 aromatic heterocycles. The van der Waals surface area contributed by atoms with Crippen LogP contribution >= 0.6 is 15.9 Å². The van der Waals surface area contributed by atoms with Crippen LogP contribution < -0.4 is 5.32 Å². The predicted molar refractivity (Wildman–Crippen MR) is 66.2 cm³/mol. The lowest BCUT2D eigenvalue weighted by molar-refractivity contribution is 0.102. The van der Waals surface area contributed by atoms with Crippen molar-refractivity contribution in [3.8, 4) is 0 Å². The Morgan fingerprint density at radius 2 is 1.89 bits per heavy atom. The zero-order valence-corrected chi connectivity index (χ0v) is 10.5. The molecular weight excluding hydrogens is 306 g/mol. The van der Waals surface area contributed by atoms with Crippen LogP contribution in [0, 0.1) is 11.6 Å². The van der Waals surface area contributed by atoms with Gasteiger partial charge in [0.05, 0.1) is 11.8 Å². The van der Waals surface area contributed by atoms with Gasteiger partial charge in [0.15, 0.2) is 0 Å². The van der Waals surface area contributed by atoms with E-state index in [0.717, 1.165) is 12.3 Å². The maximum Gasteiger partial charge on any atom is 0.258 e. The maximum absolute atomic E-state index is 13.0. The molecule has 0 unspecified atom stereocenters. The van der Waals surface area contributed by atoms with Crippen molar-refractivity contribution in [1.29, 1.82) is 0 Å². The van der Waals surface area contributed by atoms with Gasteiger partial charge >= 0.3 is 0 Å². The fourth-order valence-electron chi connectivity index (χ4n) is 1.30. The Balaban J connectivity index is 2.21. The van der Waals surface area contributed by atoms with Gasteiger partial charge in [-0.15, -0.1) is 0 Å². The van der Waals surface area contributed by atoms with Gasteiger partial charge < -0.3 is 5.32 Å². The summed E-state index contributed by atoms with van der Waals surface area (Å²) in [6.45, 7) is 0. The van der Waals surface area contributed by atoms with E-state index in [1.165, 1.54) is 24.3 Å². The van der Waals surface area contributed by atoms with Gasteiger partial charge in [0.2, 0.25) is 0 Å². The number of aromatic nitrogens is 1. The van der Waals surface area contributed by atoms with Crippen LogP contribution in [-0.4, -0.2) is 10.9 Å². The van der Waals surface area contributed by atoms with Crippen molar-refractivity contribution >= 4 is 27.7 Å². The van der Waals surface area contributed by atoms with Crippen molar-refractivity contribution in [2.24, 2.45) is 0 Å². The quantitative estimate of drug-likeness (QED) is 0.923. The van der Waals surface area contributed by atoms with E-state index in [0.29, 0.717) is 4.47 Å². The fraction of sp³-hybridized carbons (Fsp3) is 0. The molecule has 92 valence electrons. The third kappa shape index (κ3) is 2.89. The van der Waals surface area contributed by atoms with Crippen LogP contribution in [0.2, 0.25) is 0 Å². The minimum atomic E-state index is -0.527. The molecule has 0 aliphatic heterocycles. The summed E-state index contributed by atoms with van der Waals surface area (Å²) in [4.78, 5) is 15.5. The van der Waals surface area contributed by atoms with E-state index in [-0.39, 0.29) is 11.4 Å². The minimum Gasteiger partial charge on any atom is -0.307 e. The number of hydrogen-bond acceptors (Lipinski definition) is 2. The molecule has 0 radical (unpaired) electrons. The zero-order valence-electron chi connectivity index (χ0n) is 8.95. The highest BCUT2D eigenvalue weighted by molar-refractivity contribution is 9.10. The standard InChI is InChI=1S/C12H7BrF2N2O/c13-10-3-1-7(14)5-9(10)12(18)17-11-4-2-8(15)6-16-11/h1-6H,(H,16,17,18). The molecule has 1 heterocycles. The van der Waals surface area contributed by atoms with Gasteiger partial charge in [-0.2, -0.15) is 0 Å². The molecule has 2 rings (SSSR count). The lowest BCUT2D eigenvalue weighted by Crippen LogP contribution is -2.13. The number of pyridine rings is 1. The Morgan fingerprint density at radius 1 is 1.17 bits per heavy atom. The van der Waals surface area contributed by atoms with Crippen molar-refractivity contribution < 1.29 is 13.6 Å². The highest BCUT2D eigenvalue weighted by Gasteiger charge is 2.11. The van der Waals surface area contributed by atoms with Gasteiger partial charge in [-0.3, -0.25) is 4.79 Å². The molecular formula is C12H7BrF2N2O. The molecule has 1 amide bonds. The van der Waals surface area contributed by atoms with Crippen LogP contribution in [0.4, 0.5) is 14.6 Å². The molecule has 0 saturated carbocycles. The van der Waals surface area contributed by atoms with Crippen molar-refractivity contribution in [2.45, 2.75) is 0 Å². The van der Waals surface area contributed by atoms with Gasteiger partial charge in [0, 0.05) is 4.47 Å². The molecule has 0 bridgehead atoms. The van der Waals surface area contributed by atoms with E-state index in [2.05, 4.69) is 26.2 Å². The average molecular weight is 313 g/mol. The molecule has 1 aromatic carbocycles. The predicted octanol–water partition coefficient (Wildman–Crippen LogP) is 3.37. The van der Waals surface area contributed by atoms with E-state index < -0.39 is 17.5 Å². The number of nitrogens with one attached hydrogen (secondary N) is 1. The Labute approximate surface area is 110 Å². The lowest BCUT2D eigenvalue weighted by Gasteiger charge is -2.06. The number of rotatable bonds is 2. The Morgan fingerprint density at radius 3 is 2.56 bits per heavy atom. The summed E-state index contributed by atoms with van der Waals surface area (Å²) in [5.41, 5.74) is 0.140. The van der Waals surface area contributed by atoms with Gasteiger partial charge in [0.25, 0.3) is 5.91 Å². The topological polar surface area (TPSA) is 42.0 Å². The molecule has 0 spiro atoms. The molecule has 2 aromatic rings. The molecule has 0 aliphatic rings. The smallest absolute Gasteiger partial charge is 0.258 e. The highest BCUT2D eigenvalue weighted by Crippen LogP contribution is 2.19. The molecule has 3 nitrogen and oxygen atoms in total. The summed E-state index contributed by atoms with van der Waals surface area (Å²) in [6, 6.07) is 6.26. The fourth-order valence-corrected chi connectivity index (χ4v) is 1.73. The summed E-state index contributed by atoms with van der Waals surface area (Å²) >= 11 is 3.15. The van der Waals surface area contributed by atoms with Gasteiger partial charge in [0.1, 0.15) is 17.5 Å². The number of nitrogens with zero attached hydrogens (tertiary/aromatic N) is 1. The van der Waals surface area contributed by atoms with Gasteiger partial charge in [-0.1, -0.05) is 0 Å². The monoisotopic (exact) mass is 312 g/mol. The van der Waals surface area contributed by atoms with E-state index in [4.69, 9.17) is 0 Å². The van der Waals surface area contributed by atoms with Gasteiger partial charge in [-0.25, -0.2) is 13.8 Å². The number of amides is 1. The molecule has 0 fully saturated rings. The first kappa shape index (κ1) is 12.6. The second-order valence-electron chi connectivity index (χ2n) is 3.44. The van der Waals surface area contributed by atoms with Crippen LogP contribution in [0.3, 0.4) is 0 Å². The molecule has 0 atom stereocenters. The van der Waals surface area contributed by atoms with Crippen LogP contribution in [0.5, 0.6) is 0 Å². The third-order valence-electron chi connectivity index (χ3n) is 2.14. The molecule has 18 heavy (non-hydrogen) atoms. The summed E-state index contributed by atoms with van der Waals surface area (Å²) in [5.74, 6) is -1.35. The first-order valence-corrected chi connectivity index (χ1v) is 5.73. The van der Waals surface area contributed by atoms with Crippen LogP contribution in [0.1, 0.15) is 10.4 Å². The number of benzene rings is 1. The zero-order chi connectivity index (χ0) is 13.1. The summed E-state index contributed by atoms with van der Waals surface area (Å²) < 4.78 is 26.1. The first-order valence-electron chi connectivity index (χ1n) is 4.94. The number of halogens is 3. The first-order chi connectivity index (χ1) is 8.56. The van der Waals surface area contributed by atoms with Crippen LogP contribution in [0.25, 0.3) is 0 Å². The Hall–Kier alpha value is -1.82. The van der Waals surface area contributed by atoms with Crippen molar-refractivity contribution in [3.05, 3.63) is 58.2 Å². The summed E-state index contributed by atoms with van der Waals surface area (Å²) in [5, 5.41) is 2.44. The van der Waals surface area contributed by atoms with Crippen molar-refractivity contribution in [2.75, 3.05) is 5.32 Å². The largest absolute Gasteiger partial charge is 0.307 e. The summed E-state index contributed by atoms with van der Waals surface area (Å²) in [7, 11) is 0. The van der Waals surface area contributed by atoms with E-state index >= 15 is 0 Å². The highest BCUT2D eigenvalue weighted by atomic mass is 79.9. The molecule has 0 aliphatic carbocycles. The molecule has 0 saturated heterocycles.